The maximum atomic E-state index is 12.1. The number of rotatable bonds is 3. The molecule has 4 atom stereocenters. The van der Waals surface area contributed by atoms with Gasteiger partial charge in [-0.1, -0.05) is 12.8 Å². The molecule has 4 nitrogen and oxygen atoms in total. The lowest BCUT2D eigenvalue weighted by Gasteiger charge is -2.31. The van der Waals surface area contributed by atoms with Gasteiger partial charge < -0.3 is 15.7 Å². The Bertz CT molecular complexity index is 322. The fourth-order valence-electron chi connectivity index (χ4n) is 4.15. The third kappa shape index (κ3) is 3.29. The molecule has 2 saturated heterocycles. The fraction of sp³-hybridized carbons (Fsp3) is 0.933. The summed E-state index contributed by atoms with van der Waals surface area (Å²) >= 11 is 0. The number of nitrogens with one attached hydrogen (secondary N) is 2. The third-order valence-corrected chi connectivity index (χ3v) is 5.12. The summed E-state index contributed by atoms with van der Waals surface area (Å²) in [5.74, 6) is 0.691. The minimum atomic E-state index is -0.332. The van der Waals surface area contributed by atoms with Crippen LogP contribution in [-0.4, -0.2) is 35.2 Å². The van der Waals surface area contributed by atoms with Crippen LogP contribution in [0.5, 0.6) is 0 Å². The van der Waals surface area contributed by atoms with Crippen LogP contribution in [0.4, 0.5) is 0 Å². The van der Waals surface area contributed by atoms with Crippen LogP contribution in [-0.2, 0) is 4.79 Å². The highest BCUT2D eigenvalue weighted by molar-refractivity contribution is 5.76. The van der Waals surface area contributed by atoms with Crippen LogP contribution in [0.2, 0.25) is 0 Å². The van der Waals surface area contributed by atoms with Gasteiger partial charge in [-0.05, 0) is 44.4 Å². The summed E-state index contributed by atoms with van der Waals surface area (Å²) < 4.78 is 0. The number of aliphatic hydroxyl groups excluding tert-OH is 1. The molecule has 3 N–H and O–H groups in total. The van der Waals surface area contributed by atoms with Crippen molar-refractivity contribution in [1.82, 2.24) is 10.6 Å². The molecule has 3 fully saturated rings. The van der Waals surface area contributed by atoms with Crippen molar-refractivity contribution in [3.05, 3.63) is 0 Å². The molecule has 0 aromatic carbocycles. The maximum Gasteiger partial charge on any atom is 0.220 e. The number of fused-ring (bicyclic) bond motifs is 2. The van der Waals surface area contributed by atoms with Crippen molar-refractivity contribution in [3.8, 4) is 0 Å². The van der Waals surface area contributed by atoms with Gasteiger partial charge in [0.1, 0.15) is 0 Å². The summed E-state index contributed by atoms with van der Waals surface area (Å²) in [5, 5.41) is 16.6. The van der Waals surface area contributed by atoms with E-state index in [2.05, 4.69) is 10.6 Å². The van der Waals surface area contributed by atoms with Gasteiger partial charge >= 0.3 is 0 Å². The van der Waals surface area contributed by atoms with Crippen LogP contribution >= 0.6 is 0 Å². The maximum absolute atomic E-state index is 12.1. The minimum absolute atomic E-state index is 0.000289. The molecule has 2 bridgehead atoms. The fourth-order valence-corrected chi connectivity index (χ4v) is 4.15. The van der Waals surface area contributed by atoms with Crippen LogP contribution in [0, 0.1) is 5.92 Å². The summed E-state index contributed by atoms with van der Waals surface area (Å²) in [4.78, 5) is 12.1. The van der Waals surface area contributed by atoms with E-state index in [0.29, 0.717) is 24.4 Å². The molecule has 3 aliphatic rings. The Balaban J connectivity index is 1.46. The number of piperidine rings is 1. The van der Waals surface area contributed by atoms with E-state index in [1.807, 2.05) is 0 Å². The van der Waals surface area contributed by atoms with Crippen molar-refractivity contribution < 1.29 is 9.90 Å². The highest BCUT2D eigenvalue weighted by atomic mass is 16.3. The average Bonchev–Trinajstić information content (AvgIpc) is 2.72. The number of hydrogen-bond donors (Lipinski definition) is 3. The second kappa shape index (κ2) is 5.80. The molecule has 1 amide bonds. The quantitative estimate of drug-likeness (QED) is 0.722. The molecule has 108 valence electrons. The van der Waals surface area contributed by atoms with Crippen LogP contribution in [0.1, 0.15) is 57.8 Å². The lowest BCUT2D eigenvalue weighted by molar-refractivity contribution is -0.124. The first-order valence-electron chi connectivity index (χ1n) is 7.94. The predicted octanol–water partition coefficient (Wildman–Crippen LogP) is 1.33. The lowest BCUT2D eigenvalue weighted by Crippen LogP contribution is -2.46. The molecule has 0 radical (unpaired) electrons. The largest absolute Gasteiger partial charge is 0.391 e. The van der Waals surface area contributed by atoms with Crippen molar-refractivity contribution in [2.75, 3.05) is 0 Å². The molecular weight excluding hydrogens is 240 g/mol. The van der Waals surface area contributed by atoms with Crippen LogP contribution in [0.25, 0.3) is 0 Å². The molecular formula is C15H26N2O2. The van der Waals surface area contributed by atoms with E-state index in [4.69, 9.17) is 0 Å². The molecule has 2 aliphatic heterocycles. The summed E-state index contributed by atoms with van der Waals surface area (Å²) in [6.07, 6.45) is 9.17. The molecule has 2 heterocycles. The van der Waals surface area contributed by atoms with Gasteiger partial charge in [0.05, 0.1) is 12.1 Å². The first kappa shape index (κ1) is 13.4. The van der Waals surface area contributed by atoms with Gasteiger partial charge in [-0.3, -0.25) is 4.79 Å². The Morgan fingerprint density at radius 3 is 2.47 bits per heavy atom. The molecule has 0 aromatic heterocycles. The average molecular weight is 266 g/mol. The smallest absolute Gasteiger partial charge is 0.220 e. The highest BCUT2D eigenvalue weighted by Gasteiger charge is 2.34. The van der Waals surface area contributed by atoms with Crippen molar-refractivity contribution in [2.45, 2.75) is 82.0 Å². The summed E-state index contributed by atoms with van der Waals surface area (Å²) in [6, 6.07) is 1.30. The number of amides is 1. The Labute approximate surface area is 115 Å². The zero-order valence-electron chi connectivity index (χ0n) is 11.6. The number of aliphatic hydroxyl groups is 1. The first-order valence-corrected chi connectivity index (χ1v) is 7.94. The van der Waals surface area contributed by atoms with Crippen LogP contribution < -0.4 is 10.6 Å². The zero-order valence-corrected chi connectivity index (χ0v) is 11.6. The van der Waals surface area contributed by atoms with Gasteiger partial charge in [0.15, 0.2) is 0 Å². The van der Waals surface area contributed by atoms with E-state index in [1.54, 1.807) is 0 Å². The van der Waals surface area contributed by atoms with E-state index in [0.717, 1.165) is 38.5 Å². The SMILES string of the molecule is O=C(CC1CC2CCC(C1)N2)N[C@H]1CCCC[C@@H]1O. The molecule has 19 heavy (non-hydrogen) atoms. The minimum Gasteiger partial charge on any atom is -0.391 e. The van der Waals surface area contributed by atoms with Crippen LogP contribution in [0.15, 0.2) is 0 Å². The van der Waals surface area contributed by atoms with Crippen molar-refractivity contribution >= 4 is 5.91 Å². The van der Waals surface area contributed by atoms with Crippen molar-refractivity contribution in [1.29, 1.82) is 0 Å². The molecule has 3 rings (SSSR count). The Morgan fingerprint density at radius 2 is 1.79 bits per heavy atom. The van der Waals surface area contributed by atoms with Crippen molar-refractivity contribution in [3.63, 3.8) is 0 Å². The lowest BCUT2D eigenvalue weighted by atomic mass is 9.88. The van der Waals surface area contributed by atoms with Crippen LogP contribution in [0.3, 0.4) is 0 Å². The number of hydrogen-bond acceptors (Lipinski definition) is 3. The first-order chi connectivity index (χ1) is 9.20. The topological polar surface area (TPSA) is 61.4 Å². The molecule has 0 aromatic rings. The second-order valence-electron chi connectivity index (χ2n) is 6.71. The normalized spacial score (nSPS) is 42.1. The Morgan fingerprint density at radius 1 is 1.11 bits per heavy atom. The molecule has 0 spiro atoms. The van der Waals surface area contributed by atoms with E-state index < -0.39 is 0 Å². The van der Waals surface area contributed by atoms with E-state index in [9.17, 15) is 9.90 Å². The van der Waals surface area contributed by atoms with Gasteiger partial charge in [0, 0.05) is 18.5 Å². The number of carbonyl (C=O) groups excluding carboxylic acids is 1. The zero-order chi connectivity index (χ0) is 13.2. The van der Waals surface area contributed by atoms with Gasteiger partial charge in [-0.2, -0.15) is 0 Å². The molecule has 2 unspecified atom stereocenters. The predicted molar refractivity (Wildman–Crippen MR) is 73.7 cm³/mol. The Kier molecular flexibility index (Phi) is 4.08. The van der Waals surface area contributed by atoms with Crippen molar-refractivity contribution in [2.24, 2.45) is 5.92 Å². The standard InChI is InChI=1S/C15H26N2O2/c18-14-4-2-1-3-13(14)17-15(19)9-10-7-11-5-6-12(8-10)16-11/h10-14,16,18H,1-9H2,(H,17,19)/t10?,11?,12?,13-,14-/m0/s1. The van der Waals surface area contributed by atoms with Gasteiger partial charge in [0.25, 0.3) is 0 Å². The second-order valence-corrected chi connectivity index (χ2v) is 6.71. The molecule has 1 aliphatic carbocycles. The highest BCUT2D eigenvalue weighted by Crippen LogP contribution is 2.32. The Hall–Kier alpha value is -0.610. The third-order valence-electron chi connectivity index (χ3n) is 5.12. The summed E-state index contributed by atoms with van der Waals surface area (Å²) in [7, 11) is 0. The molecule has 4 heteroatoms. The van der Waals surface area contributed by atoms with Gasteiger partial charge in [-0.15, -0.1) is 0 Å². The summed E-state index contributed by atoms with van der Waals surface area (Å²) in [6.45, 7) is 0. The number of carbonyl (C=O) groups is 1. The monoisotopic (exact) mass is 266 g/mol. The summed E-state index contributed by atoms with van der Waals surface area (Å²) in [5.41, 5.74) is 0. The van der Waals surface area contributed by atoms with E-state index in [1.165, 1.54) is 12.8 Å². The van der Waals surface area contributed by atoms with Gasteiger partial charge in [-0.25, -0.2) is 0 Å². The van der Waals surface area contributed by atoms with E-state index in [-0.39, 0.29) is 18.1 Å². The molecule has 1 saturated carbocycles. The van der Waals surface area contributed by atoms with Gasteiger partial charge in [0.2, 0.25) is 5.91 Å². The van der Waals surface area contributed by atoms with E-state index >= 15 is 0 Å².